The molecule has 2 atom stereocenters. The predicted octanol–water partition coefficient (Wildman–Crippen LogP) is 3.66. The summed E-state index contributed by atoms with van der Waals surface area (Å²) in [6.07, 6.45) is 9.01. The van der Waals surface area contributed by atoms with Crippen LogP contribution >= 0.6 is 11.8 Å². The zero-order valence-electron chi connectivity index (χ0n) is 12.5. The molecule has 1 N–H and O–H groups in total. The molecular weight excluding hydrogens is 264 g/mol. The van der Waals surface area contributed by atoms with Gasteiger partial charge in [0.1, 0.15) is 0 Å². The molecule has 0 spiro atoms. The third-order valence-corrected chi connectivity index (χ3v) is 5.83. The lowest BCUT2D eigenvalue weighted by Gasteiger charge is -2.22. The summed E-state index contributed by atoms with van der Waals surface area (Å²) in [5.74, 6) is 0. The van der Waals surface area contributed by atoms with Crippen molar-refractivity contribution >= 4 is 17.4 Å². The summed E-state index contributed by atoms with van der Waals surface area (Å²) in [6.45, 7) is 3.49. The molecule has 3 heteroatoms. The highest BCUT2D eigenvalue weighted by molar-refractivity contribution is 7.99. The Morgan fingerprint density at radius 3 is 2.75 bits per heavy atom. The third-order valence-electron chi connectivity index (χ3n) is 4.74. The van der Waals surface area contributed by atoms with Crippen molar-refractivity contribution in [2.24, 2.45) is 0 Å². The van der Waals surface area contributed by atoms with Crippen LogP contribution in [0.3, 0.4) is 0 Å². The Kier molecular flexibility index (Phi) is 4.90. The standard InChI is InChI=1S/C17H26N2S/c1-20-16-9-8-15(12-16)18-13-14-6-2-3-7-17(14)19-10-4-5-11-19/h2-3,6-7,15-16,18H,4-5,8-13H2,1H3. The largest absolute Gasteiger partial charge is 0.371 e. The highest BCUT2D eigenvalue weighted by Crippen LogP contribution is 2.29. The summed E-state index contributed by atoms with van der Waals surface area (Å²) in [4.78, 5) is 2.55. The van der Waals surface area contributed by atoms with E-state index in [0.717, 1.165) is 17.8 Å². The highest BCUT2D eigenvalue weighted by atomic mass is 32.2. The number of hydrogen-bond acceptors (Lipinski definition) is 3. The number of nitrogens with one attached hydrogen (secondary N) is 1. The van der Waals surface area contributed by atoms with Crippen LogP contribution in [0.25, 0.3) is 0 Å². The Labute approximate surface area is 127 Å². The van der Waals surface area contributed by atoms with Crippen molar-refractivity contribution in [3.05, 3.63) is 29.8 Å². The number of anilines is 1. The maximum absolute atomic E-state index is 3.79. The van der Waals surface area contributed by atoms with Gasteiger partial charge in [-0.2, -0.15) is 11.8 Å². The fraction of sp³-hybridized carbons (Fsp3) is 0.647. The van der Waals surface area contributed by atoms with Crippen LogP contribution in [0.5, 0.6) is 0 Å². The van der Waals surface area contributed by atoms with Crippen molar-refractivity contribution in [1.82, 2.24) is 5.32 Å². The molecule has 1 saturated heterocycles. The summed E-state index contributed by atoms with van der Waals surface area (Å²) in [7, 11) is 0. The molecule has 1 aliphatic heterocycles. The zero-order valence-corrected chi connectivity index (χ0v) is 13.3. The third kappa shape index (κ3) is 3.32. The molecule has 1 aliphatic carbocycles. The van der Waals surface area contributed by atoms with Crippen LogP contribution in [0.15, 0.2) is 24.3 Å². The summed E-state index contributed by atoms with van der Waals surface area (Å²) in [5, 5.41) is 4.66. The van der Waals surface area contributed by atoms with Gasteiger partial charge in [-0.1, -0.05) is 18.2 Å². The molecule has 1 saturated carbocycles. The van der Waals surface area contributed by atoms with E-state index in [9.17, 15) is 0 Å². The minimum Gasteiger partial charge on any atom is -0.371 e. The van der Waals surface area contributed by atoms with Gasteiger partial charge in [0.15, 0.2) is 0 Å². The number of hydrogen-bond donors (Lipinski definition) is 1. The van der Waals surface area contributed by atoms with Gasteiger partial charge >= 0.3 is 0 Å². The van der Waals surface area contributed by atoms with E-state index >= 15 is 0 Å². The SMILES string of the molecule is CSC1CCC(NCc2ccccc2N2CCCC2)C1. The van der Waals surface area contributed by atoms with E-state index in [4.69, 9.17) is 0 Å². The van der Waals surface area contributed by atoms with E-state index in [-0.39, 0.29) is 0 Å². The molecule has 2 nitrogen and oxygen atoms in total. The molecule has 20 heavy (non-hydrogen) atoms. The molecule has 0 aromatic heterocycles. The molecule has 2 fully saturated rings. The van der Waals surface area contributed by atoms with Crippen LogP contribution in [-0.2, 0) is 6.54 Å². The fourth-order valence-electron chi connectivity index (χ4n) is 3.52. The maximum atomic E-state index is 3.79. The average Bonchev–Trinajstić information content (AvgIpc) is 3.17. The van der Waals surface area contributed by atoms with E-state index < -0.39 is 0 Å². The molecular formula is C17H26N2S. The van der Waals surface area contributed by atoms with Crippen LogP contribution in [-0.4, -0.2) is 30.6 Å². The van der Waals surface area contributed by atoms with Crippen LogP contribution in [0.4, 0.5) is 5.69 Å². The number of rotatable bonds is 5. The van der Waals surface area contributed by atoms with Gasteiger partial charge in [-0.15, -0.1) is 0 Å². The Hall–Kier alpha value is -0.670. The number of para-hydroxylation sites is 1. The van der Waals surface area contributed by atoms with Gasteiger partial charge in [0, 0.05) is 36.6 Å². The summed E-state index contributed by atoms with van der Waals surface area (Å²) in [6, 6.07) is 9.66. The predicted molar refractivity (Wildman–Crippen MR) is 89.7 cm³/mol. The quantitative estimate of drug-likeness (QED) is 0.891. The first-order chi connectivity index (χ1) is 9.86. The number of benzene rings is 1. The lowest BCUT2D eigenvalue weighted by atomic mass is 10.1. The lowest BCUT2D eigenvalue weighted by molar-refractivity contribution is 0.525. The van der Waals surface area contributed by atoms with Gasteiger partial charge < -0.3 is 10.2 Å². The van der Waals surface area contributed by atoms with Crippen LogP contribution in [0, 0.1) is 0 Å². The Morgan fingerprint density at radius 2 is 2.00 bits per heavy atom. The molecule has 1 aromatic carbocycles. The summed E-state index contributed by atoms with van der Waals surface area (Å²) < 4.78 is 0. The fourth-order valence-corrected chi connectivity index (χ4v) is 4.32. The molecule has 0 radical (unpaired) electrons. The monoisotopic (exact) mass is 290 g/mol. The number of thioether (sulfide) groups is 1. The lowest BCUT2D eigenvalue weighted by Crippen LogP contribution is -2.28. The topological polar surface area (TPSA) is 15.3 Å². The second-order valence-corrected chi connectivity index (χ2v) is 7.21. The smallest absolute Gasteiger partial charge is 0.0411 e. The highest BCUT2D eigenvalue weighted by Gasteiger charge is 2.23. The molecule has 0 bridgehead atoms. The molecule has 0 amide bonds. The van der Waals surface area contributed by atoms with E-state index in [2.05, 4.69) is 40.7 Å². The summed E-state index contributed by atoms with van der Waals surface area (Å²) >= 11 is 2.03. The molecule has 2 aliphatic rings. The van der Waals surface area contributed by atoms with Crippen molar-refractivity contribution in [1.29, 1.82) is 0 Å². The van der Waals surface area contributed by atoms with Gasteiger partial charge in [-0.3, -0.25) is 0 Å². The molecule has 2 unspecified atom stereocenters. The maximum Gasteiger partial charge on any atom is 0.0411 e. The molecule has 1 heterocycles. The van der Waals surface area contributed by atoms with E-state index in [1.807, 2.05) is 11.8 Å². The second kappa shape index (κ2) is 6.86. The second-order valence-electron chi connectivity index (χ2n) is 6.07. The Morgan fingerprint density at radius 1 is 1.20 bits per heavy atom. The van der Waals surface area contributed by atoms with Crippen molar-refractivity contribution in [2.45, 2.75) is 49.9 Å². The summed E-state index contributed by atoms with van der Waals surface area (Å²) in [5.41, 5.74) is 2.93. The van der Waals surface area contributed by atoms with Crippen LogP contribution < -0.4 is 10.2 Å². The first-order valence-electron chi connectivity index (χ1n) is 7.96. The van der Waals surface area contributed by atoms with Gasteiger partial charge in [-0.05, 0) is 50.0 Å². The van der Waals surface area contributed by atoms with Gasteiger partial charge in [0.2, 0.25) is 0 Å². The van der Waals surface area contributed by atoms with Crippen molar-refractivity contribution in [3.8, 4) is 0 Å². The van der Waals surface area contributed by atoms with Crippen LogP contribution in [0.2, 0.25) is 0 Å². The van der Waals surface area contributed by atoms with E-state index in [0.29, 0.717) is 0 Å². The Bertz CT molecular complexity index is 429. The van der Waals surface area contributed by atoms with E-state index in [1.54, 1.807) is 0 Å². The minimum absolute atomic E-state index is 0.721. The van der Waals surface area contributed by atoms with Gasteiger partial charge in [0.25, 0.3) is 0 Å². The first kappa shape index (κ1) is 14.3. The Balaban J connectivity index is 1.60. The minimum atomic E-state index is 0.721. The van der Waals surface area contributed by atoms with Crippen molar-refractivity contribution in [2.75, 3.05) is 24.2 Å². The van der Waals surface area contributed by atoms with Crippen LogP contribution in [0.1, 0.15) is 37.7 Å². The van der Waals surface area contributed by atoms with Crippen molar-refractivity contribution < 1.29 is 0 Å². The molecule has 3 rings (SSSR count). The van der Waals surface area contributed by atoms with Gasteiger partial charge in [-0.25, -0.2) is 0 Å². The van der Waals surface area contributed by atoms with Gasteiger partial charge in [0.05, 0.1) is 0 Å². The van der Waals surface area contributed by atoms with Crippen molar-refractivity contribution in [3.63, 3.8) is 0 Å². The average molecular weight is 290 g/mol. The van der Waals surface area contributed by atoms with E-state index in [1.165, 1.54) is 56.4 Å². The zero-order chi connectivity index (χ0) is 13.8. The molecule has 1 aromatic rings. The molecule has 110 valence electrons. The number of nitrogens with zero attached hydrogens (tertiary/aromatic N) is 1. The first-order valence-corrected chi connectivity index (χ1v) is 9.24. The normalized spacial score (nSPS) is 26.4.